The Balaban J connectivity index is 1.45. The van der Waals surface area contributed by atoms with Gasteiger partial charge in [-0.15, -0.1) is 5.10 Å². The van der Waals surface area contributed by atoms with Crippen molar-refractivity contribution >= 4 is 5.91 Å². The fourth-order valence-electron chi connectivity index (χ4n) is 3.20. The SMILES string of the molecule is Cc1ccccc1C(=O)N1CCn2nc(OCc3ccccc3)cc2C1. The lowest BCUT2D eigenvalue weighted by Gasteiger charge is -2.28. The minimum atomic E-state index is 0.0716. The summed E-state index contributed by atoms with van der Waals surface area (Å²) in [4.78, 5) is 14.7. The Kier molecular flexibility index (Phi) is 4.44. The Morgan fingerprint density at radius 3 is 2.65 bits per heavy atom. The van der Waals surface area contributed by atoms with Gasteiger partial charge in [-0.1, -0.05) is 48.5 Å². The van der Waals surface area contributed by atoms with Crippen molar-refractivity contribution in [3.8, 4) is 5.88 Å². The van der Waals surface area contributed by atoms with Crippen molar-refractivity contribution < 1.29 is 9.53 Å². The van der Waals surface area contributed by atoms with Crippen molar-refractivity contribution in [2.75, 3.05) is 6.54 Å². The maximum Gasteiger partial charge on any atom is 0.254 e. The molecule has 1 aromatic heterocycles. The highest BCUT2D eigenvalue weighted by Crippen LogP contribution is 2.21. The average Bonchev–Trinajstić information content (AvgIpc) is 3.09. The molecule has 0 saturated heterocycles. The van der Waals surface area contributed by atoms with Crippen molar-refractivity contribution in [3.63, 3.8) is 0 Å². The van der Waals surface area contributed by atoms with Gasteiger partial charge in [0.05, 0.1) is 18.8 Å². The van der Waals surface area contributed by atoms with Gasteiger partial charge >= 0.3 is 0 Å². The fourth-order valence-corrected chi connectivity index (χ4v) is 3.20. The van der Waals surface area contributed by atoms with Crippen molar-refractivity contribution in [1.29, 1.82) is 0 Å². The molecule has 2 aromatic carbocycles. The Bertz CT molecular complexity index is 918. The van der Waals surface area contributed by atoms with Crippen LogP contribution in [0.3, 0.4) is 0 Å². The summed E-state index contributed by atoms with van der Waals surface area (Å²) in [5.74, 6) is 0.677. The second kappa shape index (κ2) is 7.04. The quantitative estimate of drug-likeness (QED) is 0.726. The molecule has 5 heteroatoms. The van der Waals surface area contributed by atoms with Gasteiger partial charge in [0, 0.05) is 18.2 Å². The van der Waals surface area contributed by atoms with Gasteiger partial charge in [-0.05, 0) is 24.1 Å². The van der Waals surface area contributed by atoms with Crippen LogP contribution in [-0.2, 0) is 19.7 Å². The van der Waals surface area contributed by atoms with E-state index in [1.165, 1.54) is 0 Å². The van der Waals surface area contributed by atoms with Crippen LogP contribution in [0.15, 0.2) is 60.7 Å². The summed E-state index contributed by atoms with van der Waals surface area (Å²) in [6, 6.07) is 19.7. The van der Waals surface area contributed by atoms with Gasteiger partial charge in [-0.2, -0.15) is 0 Å². The van der Waals surface area contributed by atoms with Crippen LogP contribution in [0.25, 0.3) is 0 Å². The monoisotopic (exact) mass is 347 g/mol. The summed E-state index contributed by atoms with van der Waals surface area (Å²) < 4.78 is 7.74. The predicted octanol–water partition coefficient (Wildman–Crippen LogP) is 3.43. The molecular weight excluding hydrogens is 326 g/mol. The van der Waals surface area contributed by atoms with E-state index in [4.69, 9.17) is 4.74 Å². The maximum atomic E-state index is 12.8. The number of amides is 1. The molecule has 0 saturated carbocycles. The lowest BCUT2D eigenvalue weighted by molar-refractivity contribution is 0.0705. The number of aromatic nitrogens is 2. The Hall–Kier alpha value is -3.08. The molecule has 0 aliphatic carbocycles. The van der Waals surface area contributed by atoms with Gasteiger partial charge in [0.2, 0.25) is 5.88 Å². The Morgan fingerprint density at radius 1 is 1.08 bits per heavy atom. The van der Waals surface area contributed by atoms with E-state index in [9.17, 15) is 4.79 Å². The van der Waals surface area contributed by atoms with E-state index in [0.29, 0.717) is 32.1 Å². The summed E-state index contributed by atoms with van der Waals surface area (Å²) in [7, 11) is 0. The van der Waals surface area contributed by atoms with Gasteiger partial charge in [-0.3, -0.25) is 9.48 Å². The minimum Gasteiger partial charge on any atom is -0.472 e. The number of carbonyl (C=O) groups excluding carboxylic acids is 1. The minimum absolute atomic E-state index is 0.0716. The molecule has 0 atom stereocenters. The third-order valence-corrected chi connectivity index (χ3v) is 4.67. The van der Waals surface area contributed by atoms with Crippen LogP contribution in [0.2, 0.25) is 0 Å². The first-order chi connectivity index (χ1) is 12.7. The molecule has 0 N–H and O–H groups in total. The number of benzene rings is 2. The topological polar surface area (TPSA) is 47.4 Å². The maximum absolute atomic E-state index is 12.8. The van der Waals surface area contributed by atoms with E-state index >= 15 is 0 Å². The summed E-state index contributed by atoms with van der Waals surface area (Å²) >= 11 is 0. The van der Waals surface area contributed by atoms with Crippen LogP contribution in [0.5, 0.6) is 5.88 Å². The van der Waals surface area contributed by atoms with Crippen LogP contribution in [-0.4, -0.2) is 27.1 Å². The van der Waals surface area contributed by atoms with Crippen molar-refractivity contribution in [2.24, 2.45) is 0 Å². The smallest absolute Gasteiger partial charge is 0.254 e. The number of carbonyl (C=O) groups is 1. The van der Waals surface area contributed by atoms with E-state index in [1.54, 1.807) is 0 Å². The highest BCUT2D eigenvalue weighted by atomic mass is 16.5. The molecular formula is C21H21N3O2. The van der Waals surface area contributed by atoms with Crippen LogP contribution in [0, 0.1) is 6.92 Å². The molecule has 0 fully saturated rings. The number of nitrogens with zero attached hydrogens (tertiary/aromatic N) is 3. The Labute approximate surface area is 152 Å². The Morgan fingerprint density at radius 2 is 1.85 bits per heavy atom. The predicted molar refractivity (Wildman–Crippen MR) is 98.9 cm³/mol. The van der Waals surface area contributed by atoms with Crippen LogP contribution in [0.4, 0.5) is 0 Å². The van der Waals surface area contributed by atoms with Gasteiger partial charge in [0.25, 0.3) is 5.91 Å². The zero-order valence-corrected chi connectivity index (χ0v) is 14.8. The summed E-state index contributed by atoms with van der Waals surface area (Å²) in [5, 5.41) is 4.51. The standard InChI is InChI=1S/C21H21N3O2/c1-16-7-5-6-10-19(16)21(25)23-11-12-24-18(14-23)13-20(22-24)26-15-17-8-3-2-4-9-17/h2-10,13H,11-12,14-15H2,1H3. The van der Waals surface area contributed by atoms with Crippen molar-refractivity contribution in [2.45, 2.75) is 26.6 Å². The largest absolute Gasteiger partial charge is 0.472 e. The molecule has 0 spiro atoms. The molecule has 4 rings (SSSR count). The number of aryl methyl sites for hydroxylation is 1. The number of hydrogen-bond donors (Lipinski definition) is 0. The summed E-state index contributed by atoms with van der Waals surface area (Å²) in [6.07, 6.45) is 0. The molecule has 1 aliphatic heterocycles. The molecule has 2 heterocycles. The summed E-state index contributed by atoms with van der Waals surface area (Å²) in [6.45, 7) is 4.34. The van der Waals surface area contributed by atoms with E-state index in [2.05, 4.69) is 5.10 Å². The first-order valence-corrected chi connectivity index (χ1v) is 8.79. The number of rotatable bonds is 4. The van der Waals surface area contributed by atoms with Crippen LogP contribution >= 0.6 is 0 Å². The van der Waals surface area contributed by atoms with Gasteiger partial charge in [0.15, 0.2) is 0 Å². The molecule has 1 amide bonds. The normalized spacial score (nSPS) is 13.3. The molecule has 0 radical (unpaired) electrons. The lowest BCUT2D eigenvalue weighted by Crippen LogP contribution is -2.38. The van der Waals surface area contributed by atoms with Crippen LogP contribution in [0.1, 0.15) is 27.2 Å². The fraction of sp³-hybridized carbons (Fsp3) is 0.238. The second-order valence-corrected chi connectivity index (χ2v) is 6.51. The summed E-state index contributed by atoms with van der Waals surface area (Å²) in [5.41, 5.74) is 3.88. The van der Waals surface area contributed by atoms with E-state index in [1.807, 2.05) is 77.2 Å². The van der Waals surface area contributed by atoms with Gasteiger partial charge in [-0.25, -0.2) is 0 Å². The van der Waals surface area contributed by atoms with Crippen molar-refractivity contribution in [3.05, 3.63) is 83.0 Å². The molecule has 3 aromatic rings. The zero-order chi connectivity index (χ0) is 17.9. The molecule has 0 unspecified atom stereocenters. The molecule has 26 heavy (non-hydrogen) atoms. The number of ether oxygens (including phenoxy) is 1. The van der Waals surface area contributed by atoms with Gasteiger partial charge in [0.1, 0.15) is 6.61 Å². The third-order valence-electron chi connectivity index (χ3n) is 4.67. The molecule has 5 nitrogen and oxygen atoms in total. The van der Waals surface area contributed by atoms with Crippen LogP contribution < -0.4 is 4.74 Å². The van der Waals surface area contributed by atoms with E-state index in [0.717, 1.165) is 22.4 Å². The number of hydrogen-bond acceptors (Lipinski definition) is 3. The molecule has 1 aliphatic rings. The number of fused-ring (bicyclic) bond motifs is 1. The van der Waals surface area contributed by atoms with Gasteiger partial charge < -0.3 is 9.64 Å². The van der Waals surface area contributed by atoms with Crippen molar-refractivity contribution in [1.82, 2.24) is 14.7 Å². The van der Waals surface area contributed by atoms with E-state index in [-0.39, 0.29) is 5.91 Å². The zero-order valence-electron chi connectivity index (χ0n) is 14.8. The highest BCUT2D eigenvalue weighted by Gasteiger charge is 2.24. The highest BCUT2D eigenvalue weighted by molar-refractivity contribution is 5.95. The first-order valence-electron chi connectivity index (χ1n) is 8.79. The molecule has 132 valence electrons. The molecule has 0 bridgehead atoms. The second-order valence-electron chi connectivity index (χ2n) is 6.51. The lowest BCUT2D eigenvalue weighted by atomic mass is 10.1. The average molecular weight is 347 g/mol. The third kappa shape index (κ3) is 3.33. The first kappa shape index (κ1) is 16.4. The van der Waals surface area contributed by atoms with E-state index < -0.39 is 0 Å².